The first-order valence-corrected chi connectivity index (χ1v) is 8.95. The fourth-order valence-electron chi connectivity index (χ4n) is 2.98. The molecule has 1 aromatic carbocycles. The molecule has 2 aliphatic rings. The van der Waals surface area contributed by atoms with Crippen molar-refractivity contribution < 1.29 is 14.3 Å². The molecule has 1 aliphatic carbocycles. The van der Waals surface area contributed by atoms with Crippen LogP contribution in [-0.2, 0) is 20.7 Å². The van der Waals surface area contributed by atoms with E-state index in [-0.39, 0.29) is 17.7 Å². The third-order valence-electron chi connectivity index (χ3n) is 4.67. The summed E-state index contributed by atoms with van der Waals surface area (Å²) < 4.78 is 5.54. The number of rotatable bonds is 9. The first-order valence-electron chi connectivity index (χ1n) is 8.95. The third-order valence-corrected chi connectivity index (χ3v) is 4.67. The van der Waals surface area contributed by atoms with Gasteiger partial charge in [-0.25, -0.2) is 0 Å². The summed E-state index contributed by atoms with van der Waals surface area (Å²) in [6.07, 6.45) is 5.14. The lowest BCUT2D eigenvalue weighted by Crippen LogP contribution is -2.32. The summed E-state index contributed by atoms with van der Waals surface area (Å²) in [6.45, 7) is 2.22. The average Bonchev–Trinajstić information content (AvgIpc) is 3.40. The number of fused-ring (bicyclic) bond motifs is 1. The highest BCUT2D eigenvalue weighted by Crippen LogP contribution is 2.29. The van der Waals surface area contributed by atoms with Crippen LogP contribution in [0.25, 0.3) is 0 Å². The van der Waals surface area contributed by atoms with Crippen molar-refractivity contribution in [1.82, 2.24) is 5.32 Å². The molecule has 1 saturated carbocycles. The van der Waals surface area contributed by atoms with E-state index in [4.69, 9.17) is 4.74 Å². The van der Waals surface area contributed by atoms with Gasteiger partial charge in [0.15, 0.2) is 0 Å². The molecule has 5 nitrogen and oxygen atoms in total. The summed E-state index contributed by atoms with van der Waals surface area (Å²) in [4.78, 5) is 24.0. The number of carbonyl (C=O) groups is 2. The maximum Gasteiger partial charge on any atom is 0.227 e. The van der Waals surface area contributed by atoms with Gasteiger partial charge in [-0.15, -0.1) is 0 Å². The van der Waals surface area contributed by atoms with E-state index < -0.39 is 0 Å². The van der Waals surface area contributed by atoms with E-state index in [1.807, 2.05) is 24.3 Å². The number of hydrogen-bond acceptors (Lipinski definition) is 3. The Hall–Kier alpha value is -1.88. The molecule has 1 atom stereocenters. The summed E-state index contributed by atoms with van der Waals surface area (Å²) in [5.74, 6) is 0.706. The maximum atomic E-state index is 12.1. The molecule has 1 unspecified atom stereocenters. The quantitative estimate of drug-likeness (QED) is 0.684. The Labute approximate surface area is 143 Å². The smallest absolute Gasteiger partial charge is 0.227 e. The van der Waals surface area contributed by atoms with E-state index >= 15 is 0 Å². The number of nitrogens with one attached hydrogen (secondary N) is 2. The van der Waals surface area contributed by atoms with Crippen LogP contribution in [0.15, 0.2) is 24.3 Å². The number of para-hydroxylation sites is 1. The molecule has 5 heteroatoms. The molecule has 1 aliphatic heterocycles. The molecule has 1 fully saturated rings. The number of amides is 2. The highest BCUT2D eigenvalue weighted by molar-refractivity contribution is 5.96. The number of anilines is 1. The second-order valence-electron chi connectivity index (χ2n) is 6.81. The molecule has 3 rings (SSSR count). The molecule has 0 saturated heterocycles. The van der Waals surface area contributed by atoms with Crippen molar-refractivity contribution in [3.8, 4) is 0 Å². The zero-order chi connectivity index (χ0) is 16.8. The van der Waals surface area contributed by atoms with E-state index in [1.54, 1.807) is 0 Å². The second kappa shape index (κ2) is 8.29. The van der Waals surface area contributed by atoms with E-state index in [0.717, 1.165) is 30.2 Å². The predicted octanol–water partition coefficient (Wildman–Crippen LogP) is 2.51. The number of hydrogen-bond donors (Lipinski definition) is 2. The van der Waals surface area contributed by atoms with Crippen molar-refractivity contribution in [3.63, 3.8) is 0 Å². The Balaban J connectivity index is 1.30. The Morgan fingerprint density at radius 3 is 2.96 bits per heavy atom. The van der Waals surface area contributed by atoms with Crippen LogP contribution in [0, 0.1) is 11.8 Å². The molecule has 1 aromatic rings. The summed E-state index contributed by atoms with van der Waals surface area (Å²) in [5, 5.41) is 5.84. The zero-order valence-corrected chi connectivity index (χ0v) is 14.1. The molecule has 2 amide bonds. The Morgan fingerprint density at radius 1 is 1.29 bits per heavy atom. The highest BCUT2D eigenvalue weighted by atomic mass is 16.5. The lowest BCUT2D eigenvalue weighted by Gasteiger charge is -2.24. The van der Waals surface area contributed by atoms with Gasteiger partial charge >= 0.3 is 0 Å². The largest absolute Gasteiger partial charge is 0.381 e. The van der Waals surface area contributed by atoms with Crippen molar-refractivity contribution in [2.45, 2.75) is 38.5 Å². The average molecular weight is 330 g/mol. The third kappa shape index (κ3) is 5.06. The lowest BCUT2D eigenvalue weighted by atomic mass is 9.89. The topological polar surface area (TPSA) is 67.4 Å². The van der Waals surface area contributed by atoms with Crippen LogP contribution in [0.2, 0.25) is 0 Å². The van der Waals surface area contributed by atoms with Crippen LogP contribution < -0.4 is 10.6 Å². The molecule has 130 valence electrons. The lowest BCUT2D eigenvalue weighted by molar-refractivity contribution is -0.122. The van der Waals surface area contributed by atoms with Crippen LogP contribution in [0.3, 0.4) is 0 Å². The van der Waals surface area contributed by atoms with Crippen LogP contribution in [0.4, 0.5) is 5.69 Å². The van der Waals surface area contributed by atoms with Gasteiger partial charge < -0.3 is 15.4 Å². The number of ether oxygens (including phenoxy) is 1. The van der Waals surface area contributed by atoms with E-state index in [1.165, 1.54) is 12.8 Å². The van der Waals surface area contributed by atoms with E-state index in [2.05, 4.69) is 10.6 Å². The van der Waals surface area contributed by atoms with Crippen molar-refractivity contribution >= 4 is 17.5 Å². The van der Waals surface area contributed by atoms with Gasteiger partial charge in [0.25, 0.3) is 0 Å². The first-order chi connectivity index (χ1) is 11.7. The molecule has 2 N–H and O–H groups in total. The molecule has 0 radical (unpaired) electrons. The summed E-state index contributed by atoms with van der Waals surface area (Å²) in [6, 6.07) is 7.84. The molecular weight excluding hydrogens is 304 g/mol. The predicted molar refractivity (Wildman–Crippen MR) is 92.7 cm³/mol. The molecular formula is C19H26N2O3. The standard InChI is InChI=1S/C19H26N2O3/c22-18(20-10-3-11-24-13-14-6-7-14)9-8-16-12-15-4-1-2-5-17(15)21-19(16)23/h1-2,4-5,14,16H,3,6-13H2,(H,20,22)(H,21,23). The molecule has 0 aromatic heterocycles. The minimum atomic E-state index is -0.118. The summed E-state index contributed by atoms with van der Waals surface area (Å²) in [7, 11) is 0. The number of benzene rings is 1. The molecule has 1 heterocycles. The SMILES string of the molecule is O=C(CCC1Cc2ccccc2NC1=O)NCCCOCC1CC1. The van der Waals surface area contributed by atoms with Gasteiger partial charge in [0, 0.05) is 37.8 Å². The summed E-state index contributed by atoms with van der Waals surface area (Å²) >= 11 is 0. The second-order valence-corrected chi connectivity index (χ2v) is 6.81. The van der Waals surface area contributed by atoms with Gasteiger partial charge in [-0.05, 0) is 49.7 Å². The minimum Gasteiger partial charge on any atom is -0.381 e. The van der Waals surface area contributed by atoms with Gasteiger partial charge in [0.1, 0.15) is 0 Å². The van der Waals surface area contributed by atoms with Crippen molar-refractivity contribution in [2.75, 3.05) is 25.1 Å². The Kier molecular flexibility index (Phi) is 5.86. The normalized spacial score (nSPS) is 19.5. The van der Waals surface area contributed by atoms with Crippen LogP contribution >= 0.6 is 0 Å². The molecule has 0 bridgehead atoms. The first kappa shape index (κ1) is 17.0. The van der Waals surface area contributed by atoms with Crippen LogP contribution in [0.1, 0.15) is 37.7 Å². The van der Waals surface area contributed by atoms with Gasteiger partial charge in [-0.1, -0.05) is 18.2 Å². The highest BCUT2D eigenvalue weighted by Gasteiger charge is 2.26. The Bertz CT molecular complexity index is 584. The monoisotopic (exact) mass is 330 g/mol. The maximum absolute atomic E-state index is 12.1. The molecule has 0 spiro atoms. The van der Waals surface area contributed by atoms with E-state index in [0.29, 0.717) is 32.4 Å². The minimum absolute atomic E-state index is 0.0175. The van der Waals surface area contributed by atoms with Gasteiger partial charge in [-0.2, -0.15) is 0 Å². The van der Waals surface area contributed by atoms with Crippen molar-refractivity contribution in [2.24, 2.45) is 11.8 Å². The van der Waals surface area contributed by atoms with E-state index in [9.17, 15) is 9.59 Å². The van der Waals surface area contributed by atoms with Crippen LogP contribution in [0.5, 0.6) is 0 Å². The zero-order valence-electron chi connectivity index (χ0n) is 14.1. The number of carbonyl (C=O) groups excluding carboxylic acids is 2. The van der Waals surface area contributed by atoms with Gasteiger partial charge in [-0.3, -0.25) is 9.59 Å². The van der Waals surface area contributed by atoms with Crippen molar-refractivity contribution in [1.29, 1.82) is 0 Å². The van der Waals surface area contributed by atoms with Crippen LogP contribution in [-0.4, -0.2) is 31.6 Å². The summed E-state index contributed by atoms with van der Waals surface area (Å²) in [5.41, 5.74) is 2.05. The van der Waals surface area contributed by atoms with Gasteiger partial charge in [0.05, 0.1) is 0 Å². The molecule has 24 heavy (non-hydrogen) atoms. The fourth-order valence-corrected chi connectivity index (χ4v) is 2.98. The van der Waals surface area contributed by atoms with Gasteiger partial charge in [0.2, 0.25) is 11.8 Å². The Morgan fingerprint density at radius 2 is 2.12 bits per heavy atom. The fraction of sp³-hybridized carbons (Fsp3) is 0.579. The van der Waals surface area contributed by atoms with Crippen molar-refractivity contribution in [3.05, 3.63) is 29.8 Å².